The van der Waals surface area contributed by atoms with Gasteiger partial charge < -0.3 is 13.7 Å². The number of methoxy groups -OCH3 is 1. The molecule has 2 heterocycles. The lowest BCUT2D eigenvalue weighted by Crippen LogP contribution is -2.45. The van der Waals surface area contributed by atoms with Crippen molar-refractivity contribution in [1.82, 2.24) is 14.8 Å². The van der Waals surface area contributed by atoms with Crippen LogP contribution in [0.15, 0.2) is 42.5 Å². The Morgan fingerprint density at radius 3 is 2.51 bits per heavy atom. The van der Waals surface area contributed by atoms with Gasteiger partial charge in [-0.2, -0.15) is 11.8 Å². The third kappa shape index (κ3) is 6.87. The molecule has 0 fully saturated rings. The van der Waals surface area contributed by atoms with Crippen LogP contribution in [-0.2, 0) is 27.4 Å². The lowest BCUT2D eigenvalue weighted by Gasteiger charge is -2.39. The summed E-state index contributed by atoms with van der Waals surface area (Å²) in [6.07, 6.45) is 1.92. The quantitative estimate of drug-likeness (QED) is 0.320. The predicted octanol–water partition coefficient (Wildman–Crippen LogP) is 6.06. The van der Waals surface area contributed by atoms with Gasteiger partial charge in [0.25, 0.3) is 0 Å². The van der Waals surface area contributed by atoms with Crippen molar-refractivity contribution in [1.29, 1.82) is 0 Å². The van der Waals surface area contributed by atoms with Gasteiger partial charge in [0.2, 0.25) is 10.0 Å². The fraction of sp³-hybridized carbons (Fsp3) is 0.500. The Morgan fingerprint density at radius 2 is 1.85 bits per heavy atom. The van der Waals surface area contributed by atoms with E-state index in [1.165, 1.54) is 0 Å². The van der Waals surface area contributed by atoms with Gasteiger partial charge in [-0.15, -0.1) is 10.2 Å². The molecule has 1 aliphatic heterocycles. The second kappa shape index (κ2) is 10.9. The molecular weight excluding hydrogens is 549 g/mol. The highest BCUT2D eigenvalue weighted by molar-refractivity contribution is 8.00. The smallest absolute Gasteiger partial charge is 0.229 e. The second-order valence-corrected chi connectivity index (χ2v) is 20.2. The molecule has 0 radical (unpaired) electrons. The van der Waals surface area contributed by atoms with E-state index in [4.69, 9.17) is 9.16 Å². The number of anilines is 1. The van der Waals surface area contributed by atoms with Crippen molar-refractivity contribution in [3.05, 3.63) is 48.3 Å². The molecule has 1 unspecified atom stereocenters. The number of aromatic nitrogens is 3. The first-order valence-electron chi connectivity index (χ1n) is 13.1. The summed E-state index contributed by atoms with van der Waals surface area (Å²) in [5.74, 6) is 3.37. The highest BCUT2D eigenvalue weighted by Gasteiger charge is 2.40. The molecule has 1 atom stereocenters. The maximum atomic E-state index is 11.7. The van der Waals surface area contributed by atoms with E-state index in [-0.39, 0.29) is 9.79 Å². The van der Waals surface area contributed by atoms with Crippen molar-refractivity contribution in [3.63, 3.8) is 0 Å². The minimum absolute atomic E-state index is 0.0764. The topological polar surface area (TPSA) is 95.3 Å². The Bertz CT molecular complexity index is 1450. The summed E-state index contributed by atoms with van der Waals surface area (Å²) >= 11 is 1.95. The molecule has 0 aliphatic carbocycles. The van der Waals surface area contributed by atoms with Crippen LogP contribution in [0.3, 0.4) is 0 Å². The Hall–Kier alpha value is -2.34. The summed E-state index contributed by atoms with van der Waals surface area (Å²) < 4.78 is 40.4. The molecule has 39 heavy (non-hydrogen) atoms. The van der Waals surface area contributed by atoms with Gasteiger partial charge in [-0.25, -0.2) is 8.42 Å². The summed E-state index contributed by atoms with van der Waals surface area (Å²) in [7, 11) is -3.57. The first-order chi connectivity index (χ1) is 18.1. The van der Waals surface area contributed by atoms with Crippen molar-refractivity contribution in [2.45, 2.75) is 63.5 Å². The lowest BCUT2D eigenvalue weighted by atomic mass is 10.0. The lowest BCUT2D eigenvalue weighted by molar-refractivity contribution is 0.252. The molecule has 1 aromatic heterocycles. The number of ether oxygens (including phenoxy) is 1. The van der Waals surface area contributed by atoms with Crippen molar-refractivity contribution in [3.8, 4) is 28.3 Å². The highest BCUT2D eigenvalue weighted by atomic mass is 32.2. The van der Waals surface area contributed by atoms with Crippen molar-refractivity contribution in [2.24, 2.45) is 0 Å². The zero-order chi connectivity index (χ0) is 28.6. The normalized spacial score (nSPS) is 18.4. The van der Waals surface area contributed by atoms with Crippen LogP contribution in [0.4, 0.5) is 5.69 Å². The average molecular weight is 589 g/mol. The first-order valence-corrected chi connectivity index (χ1v) is 18.9. The van der Waals surface area contributed by atoms with Crippen molar-refractivity contribution in [2.75, 3.05) is 30.4 Å². The largest absolute Gasteiger partial charge is 0.496 e. The summed E-state index contributed by atoms with van der Waals surface area (Å²) in [6, 6.07) is 13.3. The first kappa shape index (κ1) is 29.6. The van der Waals surface area contributed by atoms with Gasteiger partial charge >= 0.3 is 0 Å². The van der Waals surface area contributed by atoms with E-state index in [0.29, 0.717) is 18.0 Å². The number of benzene rings is 2. The van der Waals surface area contributed by atoms with E-state index in [2.05, 4.69) is 60.3 Å². The van der Waals surface area contributed by atoms with E-state index in [1.54, 1.807) is 13.2 Å². The van der Waals surface area contributed by atoms with Gasteiger partial charge in [0.1, 0.15) is 11.6 Å². The molecule has 3 aromatic rings. The van der Waals surface area contributed by atoms with Gasteiger partial charge in [0.15, 0.2) is 14.1 Å². The molecule has 0 bridgehead atoms. The van der Waals surface area contributed by atoms with Crippen LogP contribution in [-0.4, -0.2) is 62.0 Å². The van der Waals surface area contributed by atoms with E-state index in [0.717, 1.165) is 53.3 Å². The van der Waals surface area contributed by atoms with Crippen LogP contribution in [0, 0.1) is 0 Å². The monoisotopic (exact) mass is 588 g/mol. The van der Waals surface area contributed by atoms with Crippen LogP contribution in [0.5, 0.6) is 5.75 Å². The summed E-state index contributed by atoms with van der Waals surface area (Å²) in [5, 5.41) is 9.39. The maximum absolute atomic E-state index is 11.7. The third-order valence-corrected chi connectivity index (χ3v) is 14.0. The number of nitrogens with zero attached hydrogens (tertiary/aromatic N) is 3. The predicted molar refractivity (Wildman–Crippen MR) is 164 cm³/mol. The fourth-order valence-electron chi connectivity index (χ4n) is 4.34. The van der Waals surface area contributed by atoms with E-state index < -0.39 is 18.3 Å². The number of thioether (sulfide) groups is 1. The molecule has 1 aliphatic rings. The van der Waals surface area contributed by atoms with E-state index in [1.807, 2.05) is 48.2 Å². The molecule has 1 N–H and O–H groups in total. The number of hydrogen-bond donors (Lipinski definition) is 1. The van der Waals surface area contributed by atoms with Gasteiger partial charge in [-0.3, -0.25) is 4.72 Å². The Kier molecular flexibility index (Phi) is 8.29. The SMILES string of the molecule is COc1cc(-c2cccc(NS(C)(=O)=O)c2)ccc1-c1nnc2n1CCSC(C)(CO[Si](C)(C)C(C)(C)C)C2. The minimum Gasteiger partial charge on any atom is -0.496 e. The Morgan fingerprint density at radius 1 is 1.13 bits per heavy atom. The van der Waals surface area contributed by atoms with E-state index >= 15 is 0 Å². The minimum atomic E-state index is -3.36. The molecule has 0 saturated heterocycles. The molecule has 0 spiro atoms. The van der Waals surface area contributed by atoms with Crippen LogP contribution >= 0.6 is 11.8 Å². The molecule has 212 valence electrons. The molecule has 0 amide bonds. The van der Waals surface area contributed by atoms with Crippen LogP contribution < -0.4 is 9.46 Å². The zero-order valence-corrected chi connectivity index (χ0v) is 26.8. The molecular formula is C28H40N4O4S2Si. The van der Waals surface area contributed by atoms with Gasteiger partial charge in [-0.1, -0.05) is 39.0 Å². The number of sulfonamides is 1. The number of rotatable bonds is 8. The standard InChI is InChI=1S/C28H40N4O4S2Si/c1-27(2,3)39(7,8)36-19-28(4)18-25-29-30-26(32(25)14-15-37-28)23-13-12-21(17-24(23)35-5)20-10-9-11-22(16-20)31-38(6,33)34/h9-13,16-17,31H,14-15,18-19H2,1-8H3. The zero-order valence-electron chi connectivity index (χ0n) is 24.2. The number of fused-ring (bicyclic) bond motifs is 1. The summed E-state index contributed by atoms with van der Waals surface area (Å²) in [6.45, 7) is 15.2. The number of nitrogens with one attached hydrogen (secondary N) is 1. The summed E-state index contributed by atoms with van der Waals surface area (Å²) in [5.41, 5.74) is 3.17. The van der Waals surface area contributed by atoms with Gasteiger partial charge in [0.05, 0.1) is 18.9 Å². The van der Waals surface area contributed by atoms with Crippen molar-refractivity contribution < 1.29 is 17.6 Å². The second-order valence-electron chi connectivity index (χ2n) is 12.0. The maximum Gasteiger partial charge on any atom is 0.229 e. The average Bonchev–Trinajstić information content (AvgIpc) is 3.14. The number of hydrogen-bond acceptors (Lipinski definition) is 7. The van der Waals surface area contributed by atoms with Crippen LogP contribution in [0.25, 0.3) is 22.5 Å². The van der Waals surface area contributed by atoms with Crippen LogP contribution in [0.2, 0.25) is 18.1 Å². The third-order valence-electron chi connectivity index (χ3n) is 7.61. The Balaban J connectivity index is 1.60. The fourth-order valence-corrected chi connectivity index (χ4v) is 7.26. The molecule has 11 heteroatoms. The molecule has 8 nitrogen and oxygen atoms in total. The van der Waals surface area contributed by atoms with Crippen LogP contribution in [0.1, 0.15) is 33.5 Å². The molecule has 0 saturated carbocycles. The molecule has 2 aromatic carbocycles. The Labute approximate surface area is 238 Å². The van der Waals surface area contributed by atoms with Gasteiger partial charge in [-0.05, 0) is 60.4 Å². The summed E-state index contributed by atoms with van der Waals surface area (Å²) in [4.78, 5) is 0. The van der Waals surface area contributed by atoms with E-state index in [9.17, 15) is 8.42 Å². The van der Waals surface area contributed by atoms with Crippen molar-refractivity contribution >= 4 is 35.8 Å². The molecule has 4 rings (SSSR count). The highest BCUT2D eigenvalue weighted by Crippen LogP contribution is 2.41. The van der Waals surface area contributed by atoms with Gasteiger partial charge in [0, 0.05) is 35.8 Å².